The summed E-state index contributed by atoms with van der Waals surface area (Å²) in [4.78, 5) is 0. The lowest BCUT2D eigenvalue weighted by Crippen LogP contribution is -2.23. The summed E-state index contributed by atoms with van der Waals surface area (Å²) in [6, 6.07) is 0. The highest BCUT2D eigenvalue weighted by Gasteiger charge is 2.33. The van der Waals surface area contributed by atoms with Gasteiger partial charge < -0.3 is 5.73 Å². The van der Waals surface area contributed by atoms with Crippen molar-refractivity contribution in [1.82, 2.24) is 0 Å². The van der Waals surface area contributed by atoms with E-state index in [0.717, 1.165) is 13.0 Å². The molecule has 0 aromatic carbocycles. The van der Waals surface area contributed by atoms with E-state index in [0.29, 0.717) is 5.92 Å². The van der Waals surface area contributed by atoms with Crippen molar-refractivity contribution in [3.8, 4) is 0 Å². The van der Waals surface area contributed by atoms with Gasteiger partial charge in [0.05, 0.1) is 0 Å². The minimum Gasteiger partial charge on any atom is -0.330 e. The lowest BCUT2D eigenvalue weighted by molar-refractivity contribution is 0.384. The van der Waals surface area contributed by atoms with Crippen LogP contribution in [0, 0.1) is 11.3 Å². The number of hydrogen-bond donors (Lipinski definition) is 1. The Morgan fingerprint density at radius 3 is 1.94 bits per heavy atom. The summed E-state index contributed by atoms with van der Waals surface area (Å²) in [5, 5.41) is 0. The summed E-state index contributed by atoms with van der Waals surface area (Å²) in [7, 11) is 0. The Balaban J connectivity index is 0.00000225. The fourth-order valence-corrected chi connectivity index (χ4v) is 2.95. The summed E-state index contributed by atoms with van der Waals surface area (Å²) in [5.74, 6) is 0.603. The van der Waals surface area contributed by atoms with Gasteiger partial charge in [-0.25, -0.2) is 0 Å². The molecule has 94 valence electrons. The van der Waals surface area contributed by atoms with Crippen LogP contribution in [0.4, 0.5) is 0 Å². The van der Waals surface area contributed by atoms with Crippen molar-refractivity contribution >= 4 is 12.4 Å². The van der Waals surface area contributed by atoms with Crippen molar-refractivity contribution in [2.45, 2.75) is 48.0 Å². The van der Waals surface area contributed by atoms with Crippen LogP contribution in [-0.4, -0.2) is 6.54 Å². The predicted octanol–water partition coefficient (Wildman–Crippen LogP) is 4.09. The molecule has 1 rings (SSSR count). The van der Waals surface area contributed by atoms with E-state index < -0.39 is 0 Å². The fraction of sp³-hybridized carbons (Fsp3) is 0.714. The molecule has 2 heteroatoms. The van der Waals surface area contributed by atoms with Crippen LogP contribution in [0.3, 0.4) is 0 Å². The van der Waals surface area contributed by atoms with Crippen LogP contribution < -0.4 is 5.73 Å². The second-order valence-corrected chi connectivity index (χ2v) is 5.49. The molecule has 2 N–H and O–H groups in total. The SMILES string of the molecule is CC1=C(C)C(C)C(C(C)(C)CCN)=C1C.Cl. The monoisotopic (exact) mass is 243 g/mol. The summed E-state index contributed by atoms with van der Waals surface area (Å²) in [5.41, 5.74) is 12.1. The van der Waals surface area contributed by atoms with E-state index >= 15 is 0 Å². The molecule has 0 aliphatic heterocycles. The molecule has 1 unspecified atom stereocenters. The van der Waals surface area contributed by atoms with Crippen molar-refractivity contribution in [3.05, 3.63) is 22.3 Å². The molecular weight excluding hydrogens is 218 g/mol. The topological polar surface area (TPSA) is 26.0 Å². The van der Waals surface area contributed by atoms with Gasteiger partial charge in [-0.3, -0.25) is 0 Å². The number of rotatable bonds is 3. The second-order valence-electron chi connectivity index (χ2n) is 5.49. The van der Waals surface area contributed by atoms with Crippen LogP contribution in [0.5, 0.6) is 0 Å². The summed E-state index contributed by atoms with van der Waals surface area (Å²) in [6.07, 6.45) is 1.07. The lowest BCUT2D eigenvalue weighted by atomic mass is 9.74. The maximum Gasteiger partial charge on any atom is -0.000720 e. The van der Waals surface area contributed by atoms with Crippen molar-refractivity contribution in [3.63, 3.8) is 0 Å². The van der Waals surface area contributed by atoms with E-state index in [9.17, 15) is 0 Å². The summed E-state index contributed by atoms with van der Waals surface area (Å²) < 4.78 is 0. The van der Waals surface area contributed by atoms with Crippen molar-refractivity contribution in [2.75, 3.05) is 6.54 Å². The molecule has 0 radical (unpaired) electrons. The summed E-state index contributed by atoms with van der Waals surface area (Å²) in [6.45, 7) is 14.5. The molecule has 0 fully saturated rings. The number of allylic oxidation sites excluding steroid dienone is 4. The number of halogens is 1. The quantitative estimate of drug-likeness (QED) is 0.794. The largest absolute Gasteiger partial charge is 0.330 e. The highest BCUT2D eigenvalue weighted by molar-refractivity contribution is 5.85. The van der Waals surface area contributed by atoms with Crippen LogP contribution in [-0.2, 0) is 0 Å². The van der Waals surface area contributed by atoms with E-state index in [4.69, 9.17) is 5.73 Å². The maximum atomic E-state index is 5.71. The van der Waals surface area contributed by atoms with Crippen molar-refractivity contribution < 1.29 is 0 Å². The van der Waals surface area contributed by atoms with Crippen LogP contribution in [0.2, 0.25) is 0 Å². The Morgan fingerprint density at radius 2 is 1.62 bits per heavy atom. The fourth-order valence-electron chi connectivity index (χ4n) is 2.95. The highest BCUT2D eigenvalue weighted by atomic mass is 35.5. The first-order valence-corrected chi connectivity index (χ1v) is 5.92. The molecule has 0 bridgehead atoms. The number of nitrogens with two attached hydrogens (primary N) is 1. The first-order valence-electron chi connectivity index (χ1n) is 5.92. The van der Waals surface area contributed by atoms with Gasteiger partial charge in [0, 0.05) is 0 Å². The average Bonchev–Trinajstić information content (AvgIpc) is 2.31. The second kappa shape index (κ2) is 5.37. The third-order valence-corrected chi connectivity index (χ3v) is 4.14. The lowest BCUT2D eigenvalue weighted by Gasteiger charge is -2.31. The minimum absolute atomic E-state index is 0. The van der Waals surface area contributed by atoms with Gasteiger partial charge in [-0.05, 0) is 56.2 Å². The van der Waals surface area contributed by atoms with Crippen molar-refractivity contribution in [1.29, 1.82) is 0 Å². The third kappa shape index (κ3) is 2.52. The normalized spacial score (nSPS) is 21.6. The van der Waals surface area contributed by atoms with Crippen LogP contribution in [0.25, 0.3) is 0 Å². The molecule has 0 aromatic heterocycles. The van der Waals surface area contributed by atoms with Crippen LogP contribution in [0.1, 0.15) is 48.0 Å². The smallest absolute Gasteiger partial charge is 0.000720 e. The van der Waals surface area contributed by atoms with E-state index in [1.54, 1.807) is 5.57 Å². The van der Waals surface area contributed by atoms with Crippen LogP contribution in [0.15, 0.2) is 22.3 Å². The molecule has 0 saturated heterocycles. The Labute approximate surface area is 107 Å². The predicted molar refractivity (Wildman–Crippen MR) is 74.9 cm³/mol. The molecule has 0 heterocycles. The van der Waals surface area contributed by atoms with Gasteiger partial charge in [0.15, 0.2) is 0 Å². The number of hydrogen-bond acceptors (Lipinski definition) is 1. The standard InChI is InChI=1S/C14H25N.ClH/c1-9-10(2)12(4)13(11(9)3)14(5,6)7-8-15;/h11H,7-8,15H2,1-6H3;1H. The zero-order valence-electron chi connectivity index (χ0n) is 11.5. The third-order valence-electron chi connectivity index (χ3n) is 4.14. The first-order chi connectivity index (χ1) is 6.83. The van der Waals surface area contributed by atoms with Gasteiger partial charge in [-0.2, -0.15) is 0 Å². The molecular formula is C14H26ClN. The van der Waals surface area contributed by atoms with Gasteiger partial charge in [0.25, 0.3) is 0 Å². The molecule has 0 saturated carbocycles. The maximum absolute atomic E-state index is 5.71. The van der Waals surface area contributed by atoms with E-state index in [1.807, 2.05) is 0 Å². The Bertz CT molecular complexity index is 324. The average molecular weight is 244 g/mol. The van der Waals surface area contributed by atoms with E-state index in [1.165, 1.54) is 16.7 Å². The molecule has 0 aromatic rings. The molecule has 1 aliphatic rings. The van der Waals surface area contributed by atoms with Gasteiger partial charge in [-0.1, -0.05) is 31.9 Å². The molecule has 1 atom stereocenters. The Kier molecular flexibility index (Phi) is 5.28. The minimum atomic E-state index is 0. The summed E-state index contributed by atoms with van der Waals surface area (Å²) >= 11 is 0. The first kappa shape index (κ1) is 15.7. The molecule has 16 heavy (non-hydrogen) atoms. The zero-order valence-corrected chi connectivity index (χ0v) is 12.3. The van der Waals surface area contributed by atoms with Gasteiger partial charge in [0.2, 0.25) is 0 Å². The molecule has 0 spiro atoms. The highest BCUT2D eigenvalue weighted by Crippen LogP contribution is 2.46. The van der Waals surface area contributed by atoms with Gasteiger partial charge >= 0.3 is 0 Å². The van der Waals surface area contributed by atoms with E-state index in [-0.39, 0.29) is 17.8 Å². The molecule has 1 aliphatic carbocycles. The Hall–Kier alpha value is -0.270. The molecule has 0 amide bonds. The van der Waals surface area contributed by atoms with Gasteiger partial charge in [0.1, 0.15) is 0 Å². The van der Waals surface area contributed by atoms with Gasteiger partial charge in [-0.15, -0.1) is 12.4 Å². The molecule has 1 nitrogen and oxygen atoms in total. The Morgan fingerprint density at radius 1 is 1.12 bits per heavy atom. The van der Waals surface area contributed by atoms with Crippen molar-refractivity contribution in [2.24, 2.45) is 17.1 Å². The van der Waals surface area contributed by atoms with Crippen LogP contribution >= 0.6 is 12.4 Å². The zero-order chi connectivity index (χ0) is 11.8. The van der Waals surface area contributed by atoms with E-state index in [2.05, 4.69) is 41.5 Å².